The molecule has 0 heterocycles. The number of carbonyl (C=O) groups excluding carboxylic acids is 1. The molecule has 2 rings (SSSR count). The molecule has 0 spiro atoms. The predicted octanol–water partition coefficient (Wildman–Crippen LogP) is 1.66. The zero-order valence-electron chi connectivity index (χ0n) is 10.8. The van der Waals surface area contributed by atoms with Gasteiger partial charge in [0.25, 0.3) is 5.91 Å². The molecule has 5 nitrogen and oxygen atoms in total. The van der Waals surface area contributed by atoms with E-state index in [0.29, 0.717) is 16.9 Å². The Morgan fingerprint density at radius 3 is 2.35 bits per heavy atom. The topological polar surface area (TPSA) is 93.2 Å². The highest BCUT2D eigenvalue weighted by atomic mass is 16.1. The van der Waals surface area contributed by atoms with Crippen LogP contribution in [0.1, 0.15) is 15.9 Å². The Hall–Kier alpha value is -2.79. The second kappa shape index (κ2) is 6.40. The molecule has 2 aromatic carbocycles. The van der Waals surface area contributed by atoms with Crippen molar-refractivity contribution < 1.29 is 4.79 Å². The Kier molecular flexibility index (Phi) is 4.36. The zero-order chi connectivity index (χ0) is 14.4. The van der Waals surface area contributed by atoms with Gasteiger partial charge >= 0.3 is 0 Å². The summed E-state index contributed by atoms with van der Waals surface area (Å²) in [4.78, 5) is 12.0. The molecule has 0 aliphatic heterocycles. The van der Waals surface area contributed by atoms with Gasteiger partial charge in [0.15, 0.2) is 0 Å². The molecule has 0 fully saturated rings. The highest BCUT2D eigenvalue weighted by molar-refractivity contribution is 6.04. The van der Waals surface area contributed by atoms with Crippen LogP contribution in [0.25, 0.3) is 5.70 Å². The van der Waals surface area contributed by atoms with Gasteiger partial charge in [-0.1, -0.05) is 30.3 Å². The number of benzene rings is 2. The van der Waals surface area contributed by atoms with Crippen LogP contribution < -0.4 is 22.3 Å². The fourth-order valence-corrected chi connectivity index (χ4v) is 1.78. The van der Waals surface area contributed by atoms with Gasteiger partial charge < -0.3 is 16.5 Å². The summed E-state index contributed by atoms with van der Waals surface area (Å²) in [5.74, 6) is 5.21. The van der Waals surface area contributed by atoms with E-state index in [-0.39, 0.29) is 5.91 Å². The molecular formula is C15H16N4O. The summed E-state index contributed by atoms with van der Waals surface area (Å²) in [5.41, 5.74) is 10.6. The van der Waals surface area contributed by atoms with Gasteiger partial charge in [0.05, 0.1) is 5.70 Å². The van der Waals surface area contributed by atoms with Crippen molar-refractivity contribution in [1.82, 2.24) is 5.43 Å². The number of hydrogen-bond donors (Lipinski definition) is 4. The standard InChI is InChI=1S/C15H16N4O/c16-10-14(19-17)12-7-4-8-13(9-12)18-15(20)11-5-2-1-3-6-11/h1-10,19H,16-17H2,(H,18,20)/b14-10-. The lowest BCUT2D eigenvalue weighted by atomic mass is 10.1. The minimum atomic E-state index is -0.165. The van der Waals surface area contributed by atoms with Crippen LogP contribution in [0.4, 0.5) is 5.69 Å². The van der Waals surface area contributed by atoms with Gasteiger partial charge in [-0.25, -0.2) is 0 Å². The van der Waals surface area contributed by atoms with Crippen LogP contribution in [0.2, 0.25) is 0 Å². The Balaban J connectivity index is 2.18. The largest absolute Gasteiger partial charge is 0.403 e. The van der Waals surface area contributed by atoms with Gasteiger partial charge in [0.1, 0.15) is 0 Å². The molecule has 6 N–H and O–H groups in total. The van der Waals surface area contributed by atoms with Crippen LogP contribution in [0.5, 0.6) is 0 Å². The first-order chi connectivity index (χ1) is 9.74. The van der Waals surface area contributed by atoms with Crippen LogP contribution in [0.3, 0.4) is 0 Å². The summed E-state index contributed by atoms with van der Waals surface area (Å²) in [6.45, 7) is 0. The molecule has 0 unspecified atom stereocenters. The quantitative estimate of drug-likeness (QED) is 0.501. The second-order valence-electron chi connectivity index (χ2n) is 4.13. The monoisotopic (exact) mass is 268 g/mol. The summed E-state index contributed by atoms with van der Waals surface area (Å²) in [7, 11) is 0. The SMILES string of the molecule is N/C=C(\NN)c1cccc(NC(=O)c2ccccc2)c1. The Morgan fingerprint density at radius 1 is 1.00 bits per heavy atom. The van der Waals surface area contributed by atoms with E-state index in [1.165, 1.54) is 6.20 Å². The third kappa shape index (κ3) is 3.15. The van der Waals surface area contributed by atoms with Gasteiger partial charge in [-0.15, -0.1) is 0 Å². The van der Waals surface area contributed by atoms with Crippen LogP contribution in [-0.2, 0) is 0 Å². The number of hydrogen-bond acceptors (Lipinski definition) is 4. The molecule has 0 aliphatic rings. The number of amides is 1. The summed E-state index contributed by atoms with van der Waals surface area (Å²) in [5, 5.41) is 2.83. The van der Waals surface area contributed by atoms with Crippen LogP contribution >= 0.6 is 0 Å². The van der Waals surface area contributed by atoms with Gasteiger partial charge in [-0.3, -0.25) is 10.6 Å². The minimum Gasteiger partial charge on any atom is -0.403 e. The molecule has 0 aliphatic carbocycles. The van der Waals surface area contributed by atoms with Crippen molar-refractivity contribution >= 4 is 17.3 Å². The smallest absolute Gasteiger partial charge is 0.255 e. The fraction of sp³-hybridized carbons (Fsp3) is 0. The molecule has 0 aromatic heterocycles. The second-order valence-corrected chi connectivity index (χ2v) is 4.13. The summed E-state index contributed by atoms with van der Waals surface area (Å²) in [6, 6.07) is 16.3. The highest BCUT2D eigenvalue weighted by Gasteiger charge is 2.06. The fourth-order valence-electron chi connectivity index (χ4n) is 1.78. The molecule has 0 bridgehead atoms. The van der Waals surface area contributed by atoms with Crippen LogP contribution in [0.15, 0.2) is 60.8 Å². The number of rotatable bonds is 4. The van der Waals surface area contributed by atoms with Gasteiger partial charge in [0.2, 0.25) is 0 Å². The van der Waals surface area contributed by atoms with Crippen molar-refractivity contribution in [2.75, 3.05) is 5.32 Å². The maximum atomic E-state index is 12.0. The maximum Gasteiger partial charge on any atom is 0.255 e. The average molecular weight is 268 g/mol. The maximum absolute atomic E-state index is 12.0. The van der Waals surface area contributed by atoms with Crippen molar-refractivity contribution in [3.05, 3.63) is 71.9 Å². The Bertz CT molecular complexity index is 623. The van der Waals surface area contributed by atoms with Gasteiger partial charge in [-0.2, -0.15) is 0 Å². The number of carbonyl (C=O) groups is 1. The molecule has 0 radical (unpaired) electrons. The van der Waals surface area contributed by atoms with Crippen molar-refractivity contribution in [3.63, 3.8) is 0 Å². The van der Waals surface area contributed by atoms with E-state index in [0.717, 1.165) is 5.56 Å². The van der Waals surface area contributed by atoms with Crippen molar-refractivity contribution in [3.8, 4) is 0 Å². The average Bonchev–Trinajstić information content (AvgIpc) is 2.50. The molecule has 5 heteroatoms. The van der Waals surface area contributed by atoms with Crippen molar-refractivity contribution in [2.24, 2.45) is 11.6 Å². The van der Waals surface area contributed by atoms with E-state index < -0.39 is 0 Å². The molecular weight excluding hydrogens is 252 g/mol. The lowest BCUT2D eigenvalue weighted by Crippen LogP contribution is -2.21. The first-order valence-corrected chi connectivity index (χ1v) is 6.10. The lowest BCUT2D eigenvalue weighted by Gasteiger charge is -2.09. The van der Waals surface area contributed by atoms with Crippen molar-refractivity contribution in [2.45, 2.75) is 0 Å². The number of hydrazine groups is 1. The van der Waals surface area contributed by atoms with E-state index in [1.807, 2.05) is 30.3 Å². The molecule has 20 heavy (non-hydrogen) atoms. The van der Waals surface area contributed by atoms with Crippen molar-refractivity contribution in [1.29, 1.82) is 0 Å². The number of anilines is 1. The third-order valence-corrected chi connectivity index (χ3v) is 2.79. The highest BCUT2D eigenvalue weighted by Crippen LogP contribution is 2.16. The molecule has 0 atom stereocenters. The molecule has 102 valence electrons. The normalized spacial score (nSPS) is 10.9. The Morgan fingerprint density at radius 2 is 1.70 bits per heavy atom. The first-order valence-electron chi connectivity index (χ1n) is 6.10. The summed E-state index contributed by atoms with van der Waals surface area (Å²) >= 11 is 0. The predicted molar refractivity (Wildman–Crippen MR) is 80.3 cm³/mol. The molecule has 1 amide bonds. The summed E-state index contributed by atoms with van der Waals surface area (Å²) in [6.07, 6.45) is 1.37. The van der Waals surface area contributed by atoms with E-state index in [4.69, 9.17) is 11.6 Å². The van der Waals surface area contributed by atoms with Gasteiger partial charge in [0, 0.05) is 23.0 Å². The van der Waals surface area contributed by atoms with Gasteiger partial charge in [-0.05, 0) is 24.3 Å². The third-order valence-electron chi connectivity index (χ3n) is 2.79. The first kappa shape index (κ1) is 13.6. The van der Waals surface area contributed by atoms with E-state index in [1.54, 1.807) is 24.3 Å². The summed E-state index contributed by atoms with van der Waals surface area (Å²) < 4.78 is 0. The zero-order valence-corrected chi connectivity index (χ0v) is 10.8. The number of nitrogens with two attached hydrogens (primary N) is 2. The van der Waals surface area contributed by atoms with Crippen LogP contribution in [0, 0.1) is 0 Å². The van der Waals surface area contributed by atoms with E-state index >= 15 is 0 Å². The van der Waals surface area contributed by atoms with Crippen LogP contribution in [-0.4, -0.2) is 5.91 Å². The molecule has 2 aromatic rings. The number of nitrogens with one attached hydrogen (secondary N) is 2. The van der Waals surface area contributed by atoms with E-state index in [9.17, 15) is 4.79 Å². The lowest BCUT2D eigenvalue weighted by molar-refractivity contribution is 0.102. The van der Waals surface area contributed by atoms with E-state index in [2.05, 4.69) is 10.7 Å². The minimum absolute atomic E-state index is 0.165. The Labute approximate surface area is 117 Å². The molecule has 0 saturated heterocycles. The molecule has 0 saturated carbocycles.